The molecule has 2 rings (SSSR count). The lowest BCUT2D eigenvalue weighted by Crippen LogP contribution is -2.34. The van der Waals surface area contributed by atoms with Gasteiger partial charge < -0.3 is 5.73 Å². The van der Waals surface area contributed by atoms with E-state index in [1.54, 1.807) is 0 Å². The van der Waals surface area contributed by atoms with Crippen LogP contribution in [0.1, 0.15) is 11.7 Å². The molecule has 0 fully saturated rings. The van der Waals surface area contributed by atoms with Crippen LogP contribution < -0.4 is 17.0 Å². The highest BCUT2D eigenvalue weighted by Crippen LogP contribution is 2.21. The highest BCUT2D eigenvalue weighted by atomic mass is 15.3. The normalized spacial score (nSPS) is 13.0. The van der Waals surface area contributed by atoms with Gasteiger partial charge in [-0.1, -0.05) is 42.5 Å². The van der Waals surface area contributed by atoms with E-state index < -0.39 is 0 Å². The Bertz CT molecular complexity index is 434. The van der Waals surface area contributed by atoms with Crippen LogP contribution in [0.4, 0.5) is 0 Å². The predicted molar refractivity (Wildman–Crippen MR) is 58.2 cm³/mol. The van der Waals surface area contributed by atoms with Gasteiger partial charge in [0.1, 0.15) is 0 Å². The molecule has 0 saturated carbocycles. The molecule has 14 heavy (non-hydrogen) atoms. The third kappa shape index (κ3) is 1.48. The molecule has 0 aromatic heterocycles. The van der Waals surface area contributed by atoms with Crippen LogP contribution in [-0.4, -0.2) is 0 Å². The molecule has 2 aromatic rings. The molecule has 3 heteroatoms. The summed E-state index contributed by atoms with van der Waals surface area (Å²) in [5.74, 6) is 5.32. The Morgan fingerprint density at radius 1 is 1.00 bits per heavy atom. The zero-order valence-corrected chi connectivity index (χ0v) is 7.77. The number of hydrazine groups is 1. The fourth-order valence-electron chi connectivity index (χ4n) is 1.61. The third-order valence-electron chi connectivity index (χ3n) is 2.34. The van der Waals surface area contributed by atoms with Gasteiger partial charge in [0.15, 0.2) is 0 Å². The van der Waals surface area contributed by atoms with Crippen LogP contribution in [0.2, 0.25) is 0 Å². The van der Waals surface area contributed by atoms with Crippen molar-refractivity contribution in [2.75, 3.05) is 0 Å². The fraction of sp³-hybridized carbons (Fsp3) is 0.0909. The molecule has 0 bridgehead atoms. The molecule has 0 radical (unpaired) electrons. The van der Waals surface area contributed by atoms with Crippen LogP contribution in [0.5, 0.6) is 0 Å². The summed E-state index contributed by atoms with van der Waals surface area (Å²) in [4.78, 5) is 0. The van der Waals surface area contributed by atoms with Crippen LogP contribution in [-0.2, 0) is 0 Å². The third-order valence-corrected chi connectivity index (χ3v) is 2.34. The van der Waals surface area contributed by atoms with E-state index in [2.05, 4.69) is 17.6 Å². The second kappa shape index (κ2) is 3.75. The van der Waals surface area contributed by atoms with Crippen molar-refractivity contribution in [1.29, 1.82) is 0 Å². The number of hydrogen-bond acceptors (Lipinski definition) is 3. The molecule has 0 aliphatic rings. The summed E-state index contributed by atoms with van der Waals surface area (Å²) in [6.07, 6.45) is -0.318. The van der Waals surface area contributed by atoms with Crippen molar-refractivity contribution in [3.8, 4) is 0 Å². The van der Waals surface area contributed by atoms with E-state index in [9.17, 15) is 0 Å². The van der Waals surface area contributed by atoms with Crippen molar-refractivity contribution in [3.05, 3.63) is 48.0 Å². The van der Waals surface area contributed by atoms with E-state index in [0.717, 1.165) is 10.9 Å². The Labute approximate surface area is 82.7 Å². The molecular formula is C11H13N3. The van der Waals surface area contributed by atoms with Gasteiger partial charge in [-0.15, -0.1) is 0 Å². The average molecular weight is 187 g/mol. The van der Waals surface area contributed by atoms with Gasteiger partial charge in [0, 0.05) is 0 Å². The zero-order chi connectivity index (χ0) is 9.97. The maximum absolute atomic E-state index is 5.82. The number of nitrogens with two attached hydrogens (primary N) is 2. The first-order chi connectivity index (χ1) is 6.83. The number of rotatable bonds is 2. The quantitative estimate of drug-likeness (QED) is 0.377. The zero-order valence-electron chi connectivity index (χ0n) is 7.77. The molecule has 1 unspecified atom stereocenters. The number of benzene rings is 2. The van der Waals surface area contributed by atoms with Crippen molar-refractivity contribution in [3.63, 3.8) is 0 Å². The molecule has 0 saturated heterocycles. The van der Waals surface area contributed by atoms with E-state index in [-0.39, 0.29) is 6.17 Å². The Morgan fingerprint density at radius 3 is 2.50 bits per heavy atom. The minimum atomic E-state index is -0.318. The van der Waals surface area contributed by atoms with Crippen LogP contribution in [0.15, 0.2) is 42.5 Å². The lowest BCUT2D eigenvalue weighted by atomic mass is 10.0. The molecule has 0 aliphatic heterocycles. The molecule has 3 nitrogen and oxygen atoms in total. The SMILES string of the molecule is NNC(N)c1cccc2ccccc12. The van der Waals surface area contributed by atoms with Gasteiger partial charge in [0.2, 0.25) is 0 Å². The van der Waals surface area contributed by atoms with Gasteiger partial charge in [-0.2, -0.15) is 0 Å². The maximum atomic E-state index is 5.82. The topological polar surface area (TPSA) is 64.1 Å². The van der Waals surface area contributed by atoms with Crippen molar-refractivity contribution in [2.45, 2.75) is 6.17 Å². The van der Waals surface area contributed by atoms with Gasteiger partial charge in [0.25, 0.3) is 0 Å². The molecule has 0 amide bonds. The molecule has 2 aromatic carbocycles. The number of hydrogen-bond donors (Lipinski definition) is 3. The molecule has 0 heterocycles. The highest BCUT2D eigenvalue weighted by Gasteiger charge is 2.06. The van der Waals surface area contributed by atoms with Crippen LogP contribution in [0.3, 0.4) is 0 Å². The van der Waals surface area contributed by atoms with Crippen molar-refractivity contribution >= 4 is 10.8 Å². The Balaban J connectivity index is 2.65. The van der Waals surface area contributed by atoms with Crippen molar-refractivity contribution in [1.82, 2.24) is 5.43 Å². The van der Waals surface area contributed by atoms with Crippen LogP contribution >= 0.6 is 0 Å². The largest absolute Gasteiger partial charge is 0.311 e. The molecule has 5 N–H and O–H groups in total. The van der Waals surface area contributed by atoms with Gasteiger partial charge in [-0.3, -0.25) is 5.84 Å². The molecule has 0 spiro atoms. The van der Waals surface area contributed by atoms with Crippen LogP contribution in [0.25, 0.3) is 10.8 Å². The molecule has 0 aliphatic carbocycles. The summed E-state index contributed by atoms with van der Waals surface area (Å²) in [6, 6.07) is 14.1. The van der Waals surface area contributed by atoms with E-state index in [0.29, 0.717) is 0 Å². The average Bonchev–Trinajstić information content (AvgIpc) is 2.27. The van der Waals surface area contributed by atoms with E-state index in [1.165, 1.54) is 5.39 Å². The summed E-state index contributed by atoms with van der Waals surface area (Å²) < 4.78 is 0. The summed E-state index contributed by atoms with van der Waals surface area (Å²) in [6.45, 7) is 0. The first kappa shape index (κ1) is 9.15. The summed E-state index contributed by atoms with van der Waals surface area (Å²) in [5.41, 5.74) is 9.39. The van der Waals surface area contributed by atoms with E-state index in [4.69, 9.17) is 11.6 Å². The van der Waals surface area contributed by atoms with Crippen molar-refractivity contribution < 1.29 is 0 Å². The summed E-state index contributed by atoms with van der Waals surface area (Å²) >= 11 is 0. The summed E-state index contributed by atoms with van der Waals surface area (Å²) in [7, 11) is 0. The smallest absolute Gasteiger partial charge is 0.0941 e. The van der Waals surface area contributed by atoms with Gasteiger partial charge in [0.05, 0.1) is 6.17 Å². The van der Waals surface area contributed by atoms with E-state index in [1.807, 2.05) is 30.3 Å². The second-order valence-corrected chi connectivity index (χ2v) is 3.21. The minimum Gasteiger partial charge on any atom is -0.311 e. The lowest BCUT2D eigenvalue weighted by molar-refractivity contribution is 0.581. The standard InChI is InChI=1S/C11H13N3/c12-11(14-13)10-7-3-5-8-4-1-2-6-9(8)10/h1-7,11,14H,12-13H2. The Hall–Kier alpha value is -1.42. The van der Waals surface area contributed by atoms with Crippen molar-refractivity contribution in [2.24, 2.45) is 11.6 Å². The van der Waals surface area contributed by atoms with Gasteiger partial charge in [-0.25, -0.2) is 5.43 Å². The maximum Gasteiger partial charge on any atom is 0.0941 e. The van der Waals surface area contributed by atoms with E-state index >= 15 is 0 Å². The number of nitrogens with one attached hydrogen (secondary N) is 1. The van der Waals surface area contributed by atoms with Crippen LogP contribution in [0, 0.1) is 0 Å². The summed E-state index contributed by atoms with van der Waals surface area (Å²) in [5, 5.41) is 2.32. The second-order valence-electron chi connectivity index (χ2n) is 3.21. The molecule has 72 valence electrons. The highest BCUT2D eigenvalue weighted by molar-refractivity contribution is 5.85. The Morgan fingerprint density at radius 2 is 1.71 bits per heavy atom. The monoisotopic (exact) mass is 187 g/mol. The predicted octanol–water partition coefficient (Wildman–Crippen LogP) is 1.26. The molecular weight excluding hydrogens is 174 g/mol. The Kier molecular flexibility index (Phi) is 2.45. The minimum absolute atomic E-state index is 0.318. The first-order valence-corrected chi connectivity index (χ1v) is 4.52. The fourth-order valence-corrected chi connectivity index (χ4v) is 1.61. The lowest BCUT2D eigenvalue weighted by Gasteiger charge is -2.12. The molecule has 1 atom stereocenters. The van der Waals surface area contributed by atoms with Gasteiger partial charge >= 0.3 is 0 Å². The number of fused-ring (bicyclic) bond motifs is 1. The first-order valence-electron chi connectivity index (χ1n) is 4.52. The van der Waals surface area contributed by atoms with Gasteiger partial charge in [-0.05, 0) is 16.3 Å².